The van der Waals surface area contributed by atoms with Crippen molar-refractivity contribution in [2.45, 2.75) is 18.9 Å². The predicted molar refractivity (Wildman–Crippen MR) is 205 cm³/mol. The Balaban J connectivity index is 0.000000457. The monoisotopic (exact) mass is 738 g/mol. The first-order valence-corrected chi connectivity index (χ1v) is 16.9. The maximum atomic E-state index is 12.5. The number of nitriles is 1. The minimum Gasteiger partial charge on any atom is -0.857 e. The third-order valence-corrected chi connectivity index (χ3v) is 8.87. The molecule has 264 valence electrons. The number of hydrogen-bond donors (Lipinski definition) is 4. The quantitative estimate of drug-likeness (QED) is 0.135. The van der Waals surface area contributed by atoms with Gasteiger partial charge in [-0.3, -0.25) is 9.59 Å². The number of rotatable bonds is 8. The van der Waals surface area contributed by atoms with Crippen LogP contribution < -0.4 is 60.8 Å². The van der Waals surface area contributed by atoms with E-state index in [4.69, 9.17) is 15.9 Å². The van der Waals surface area contributed by atoms with Crippen molar-refractivity contribution in [2.75, 3.05) is 74.3 Å². The van der Waals surface area contributed by atoms with Crippen molar-refractivity contribution in [1.82, 2.24) is 9.97 Å². The molecular formula is C36H43N8NaO4S2. The number of amides is 2. The van der Waals surface area contributed by atoms with Crippen LogP contribution in [0.5, 0.6) is 0 Å². The topological polar surface area (TPSA) is 184 Å². The van der Waals surface area contributed by atoms with Crippen LogP contribution in [0.2, 0.25) is 0 Å². The number of aliphatic hydroxyl groups is 1. The second-order valence-corrected chi connectivity index (χ2v) is 12.8. The molecule has 0 saturated heterocycles. The van der Waals surface area contributed by atoms with Crippen molar-refractivity contribution >= 4 is 73.6 Å². The van der Waals surface area contributed by atoms with Crippen molar-refractivity contribution < 1.29 is 49.4 Å². The van der Waals surface area contributed by atoms with Crippen molar-refractivity contribution in [3.63, 3.8) is 0 Å². The third-order valence-electron chi connectivity index (χ3n) is 6.77. The van der Waals surface area contributed by atoms with Gasteiger partial charge in [-0.2, -0.15) is 12.4 Å². The summed E-state index contributed by atoms with van der Waals surface area (Å²) >= 11 is 2.57. The molecule has 0 unspecified atom stereocenters. The molecule has 0 aliphatic carbocycles. The number of hydrogen-bond acceptors (Lipinski definition) is 12. The Morgan fingerprint density at radius 3 is 1.86 bits per heavy atom. The molecule has 0 fully saturated rings. The number of nitrogen functional groups attached to an aromatic ring is 1. The third kappa shape index (κ3) is 12.8. The molecule has 5 N–H and O–H groups in total. The first kappa shape index (κ1) is 44.8. The number of carbonyl (C=O) groups is 2. The first-order valence-electron chi connectivity index (χ1n) is 15.1. The van der Waals surface area contributed by atoms with Gasteiger partial charge in [-0.25, -0.2) is 9.97 Å². The van der Waals surface area contributed by atoms with Crippen molar-refractivity contribution in [2.24, 2.45) is 0 Å². The van der Waals surface area contributed by atoms with E-state index in [1.54, 1.807) is 18.5 Å². The van der Waals surface area contributed by atoms with Gasteiger partial charge in [-0.1, -0.05) is 47.2 Å². The van der Waals surface area contributed by atoms with Crippen LogP contribution >= 0.6 is 23.1 Å². The van der Waals surface area contributed by atoms with Crippen LogP contribution in [0.4, 0.5) is 28.4 Å². The molecule has 0 spiro atoms. The van der Waals surface area contributed by atoms with E-state index < -0.39 is 0 Å². The smallest absolute Gasteiger partial charge is 0.857 e. The van der Waals surface area contributed by atoms with Gasteiger partial charge in [0.1, 0.15) is 26.4 Å². The number of aromatic nitrogens is 2. The zero-order valence-electron chi connectivity index (χ0n) is 30.4. The second kappa shape index (κ2) is 22.6. The van der Waals surface area contributed by atoms with E-state index in [1.165, 1.54) is 23.1 Å². The number of nitrogens with zero attached hydrogens (tertiary/aromatic N) is 5. The number of nitrogens with two attached hydrogens (primary N) is 1. The fourth-order valence-corrected chi connectivity index (χ4v) is 6.13. The first-order chi connectivity index (χ1) is 24.0. The number of anilines is 5. The molecule has 0 atom stereocenters. The normalized spacial score (nSPS) is 9.59. The van der Waals surface area contributed by atoms with Crippen molar-refractivity contribution in [3.8, 4) is 6.07 Å². The van der Waals surface area contributed by atoms with Gasteiger partial charge in [0.05, 0.1) is 28.2 Å². The molecule has 2 amide bonds. The maximum Gasteiger partial charge on any atom is 1.00 e. The number of thioether (sulfide) groups is 1. The average molecular weight is 739 g/mol. The number of pyridine rings is 2. The Bertz CT molecular complexity index is 1900. The molecule has 51 heavy (non-hydrogen) atoms. The summed E-state index contributed by atoms with van der Waals surface area (Å²) in [5, 5.41) is 31.7. The molecule has 5 rings (SSSR count). The number of nitrogens with one attached hydrogen (secondary N) is 2. The van der Waals surface area contributed by atoms with Crippen molar-refractivity contribution in [3.05, 3.63) is 94.6 Å². The summed E-state index contributed by atoms with van der Waals surface area (Å²) in [7, 11) is 9.37. The predicted octanol–water partition coefficient (Wildman–Crippen LogP) is 2.15. The van der Waals surface area contributed by atoms with E-state index in [2.05, 4.69) is 26.7 Å². The Kier molecular flexibility index (Phi) is 19.8. The zero-order valence-corrected chi connectivity index (χ0v) is 34.1. The minimum atomic E-state index is -0.209. The van der Waals surface area contributed by atoms with Gasteiger partial charge in [-0.05, 0) is 50.2 Å². The molecule has 12 nitrogen and oxygen atoms in total. The zero-order chi connectivity index (χ0) is 37.4. The molecule has 5 aromatic rings. The van der Waals surface area contributed by atoms with Crippen LogP contribution in [0.3, 0.4) is 0 Å². The summed E-state index contributed by atoms with van der Waals surface area (Å²) < 4.78 is 0. The van der Waals surface area contributed by atoms with Gasteiger partial charge in [-0.15, -0.1) is 11.3 Å². The summed E-state index contributed by atoms with van der Waals surface area (Å²) in [6.45, 7) is 4.00. The van der Waals surface area contributed by atoms with Gasteiger partial charge >= 0.3 is 29.6 Å². The Morgan fingerprint density at radius 1 is 0.863 bits per heavy atom. The molecule has 3 aromatic heterocycles. The second-order valence-electron chi connectivity index (χ2n) is 10.8. The standard InChI is InChI=1S/2C17H18N4OS.CH4O.CH3O.Na/c1-10-4-6-11(7-5-10)20-16(22)15-14(18)13-12(21(2)3)8-9-19-17(13)23-15;1-12-4-6-13(7-5-12)20-16(22)11-23-17-14(10-18)15(21(2)3)8-9-19-17;2*1-2;/h4-9H,18H2,1-3H3,(H,20,22);4-9H,11H2,1-3H3,(H,20,22);2H,1H3;1H3;/q;;;-1;+1. The van der Waals surface area contributed by atoms with E-state index in [1.807, 2.05) is 106 Å². The van der Waals surface area contributed by atoms with Gasteiger partial charge < -0.3 is 36.4 Å². The molecule has 0 saturated carbocycles. The molecule has 0 bridgehead atoms. The number of fused-ring (bicyclic) bond motifs is 1. The molecule has 0 aliphatic heterocycles. The maximum absolute atomic E-state index is 12.5. The molecular weight excluding hydrogens is 696 g/mol. The summed E-state index contributed by atoms with van der Waals surface area (Å²) in [6.07, 6.45) is 3.38. The van der Waals surface area contributed by atoms with Crippen LogP contribution in [-0.4, -0.2) is 75.1 Å². The van der Waals surface area contributed by atoms with E-state index in [0.29, 0.717) is 21.2 Å². The molecule has 0 radical (unpaired) electrons. The molecule has 3 heterocycles. The summed E-state index contributed by atoms with van der Waals surface area (Å²) in [5.74, 6) is -0.134. The van der Waals surface area contributed by atoms with E-state index in [9.17, 15) is 14.9 Å². The Morgan fingerprint density at radius 2 is 1.35 bits per heavy atom. The van der Waals surface area contributed by atoms with E-state index >= 15 is 0 Å². The fourth-order valence-electron chi connectivity index (χ4n) is 4.38. The number of thiophene rings is 1. The minimum absolute atomic E-state index is 0. The van der Waals surface area contributed by atoms with Crippen LogP contribution in [0, 0.1) is 25.2 Å². The Labute approximate surface area is 330 Å². The number of carbonyl (C=O) groups excluding carboxylic acids is 2. The molecule has 0 aliphatic rings. The van der Waals surface area contributed by atoms with Gasteiger partial charge in [0.25, 0.3) is 5.91 Å². The number of aryl methyl sites for hydroxylation is 2. The van der Waals surface area contributed by atoms with E-state index in [-0.39, 0.29) is 47.1 Å². The van der Waals surface area contributed by atoms with E-state index in [0.717, 1.165) is 58.3 Å². The fraction of sp³-hybridized carbons (Fsp3) is 0.250. The number of benzene rings is 2. The summed E-state index contributed by atoms with van der Waals surface area (Å²) in [6, 6.07) is 21.1. The van der Waals surface area contributed by atoms with Crippen LogP contribution in [0.15, 0.2) is 78.1 Å². The summed E-state index contributed by atoms with van der Waals surface area (Å²) in [4.78, 5) is 38.2. The Hall–Kier alpha value is -4.20. The molecule has 15 heteroatoms. The van der Waals surface area contributed by atoms with Gasteiger partial charge in [0, 0.05) is 59.1 Å². The molecule has 2 aromatic carbocycles. The van der Waals surface area contributed by atoms with Crippen molar-refractivity contribution in [1.29, 1.82) is 5.26 Å². The van der Waals surface area contributed by atoms with Gasteiger partial charge in [0.2, 0.25) is 5.91 Å². The van der Waals surface area contributed by atoms with Crippen LogP contribution in [-0.2, 0) is 4.79 Å². The van der Waals surface area contributed by atoms with Gasteiger partial charge in [0.15, 0.2) is 0 Å². The number of aliphatic hydroxyl groups excluding tert-OH is 1. The van der Waals surface area contributed by atoms with Crippen LogP contribution in [0.1, 0.15) is 26.4 Å². The average Bonchev–Trinajstić information content (AvgIpc) is 3.47. The largest absolute Gasteiger partial charge is 1.00 e. The summed E-state index contributed by atoms with van der Waals surface area (Å²) in [5.41, 5.74) is 12.8. The van der Waals surface area contributed by atoms with Crippen LogP contribution in [0.25, 0.3) is 10.2 Å². The SMILES string of the molecule is CO.C[O-].Cc1ccc(NC(=O)CSc2nccc(N(C)C)c2C#N)cc1.Cc1ccc(NC(=O)c2sc3nccc(N(C)C)c3c2N)cc1.[Na+].